The predicted molar refractivity (Wildman–Crippen MR) is 174 cm³/mol. The van der Waals surface area contributed by atoms with Crippen LogP contribution in [0.3, 0.4) is 0 Å². The van der Waals surface area contributed by atoms with Crippen molar-refractivity contribution in [1.29, 1.82) is 0 Å². The monoisotopic (exact) mass is 639 g/mol. The summed E-state index contributed by atoms with van der Waals surface area (Å²) in [5.41, 5.74) is -1.14. The first kappa shape index (κ1) is 35.1. The quantitative estimate of drug-likeness (QED) is 0.202. The lowest BCUT2D eigenvalue weighted by atomic mass is 10.0. The van der Waals surface area contributed by atoms with Gasteiger partial charge in [-0.25, -0.2) is 9.69 Å². The molecule has 0 aliphatic carbocycles. The zero-order valence-electron chi connectivity index (χ0n) is 28.0. The van der Waals surface area contributed by atoms with Crippen molar-refractivity contribution in [2.75, 3.05) is 13.2 Å². The predicted octanol–water partition coefficient (Wildman–Crippen LogP) is 7.63. The number of fused-ring (bicyclic) bond motifs is 1. The average molecular weight is 640 g/mol. The lowest BCUT2D eigenvalue weighted by Gasteiger charge is -2.41. The SMILES string of the molecule is CC(C)(C)OC(=O)N1C(=S)O[C@H]2[C@H](O[Si](C)(C)C(C)(C)C)[C@@H](CO[Si](C)(C)C(C)(C)C)O[C@]21COCc1ccccc1. The van der Waals surface area contributed by atoms with Gasteiger partial charge in [-0.15, -0.1) is 0 Å². The highest BCUT2D eigenvalue weighted by atomic mass is 32.1. The molecular formula is C31H53NO7SSi2. The summed E-state index contributed by atoms with van der Waals surface area (Å²) in [6.07, 6.45) is -2.43. The third-order valence-electron chi connectivity index (χ3n) is 8.90. The number of carbonyl (C=O) groups excluding carboxylic acids is 1. The van der Waals surface area contributed by atoms with Gasteiger partial charge in [-0.3, -0.25) is 0 Å². The Balaban J connectivity index is 2.05. The first-order valence-corrected chi connectivity index (χ1v) is 21.1. The zero-order valence-corrected chi connectivity index (χ0v) is 30.8. The minimum absolute atomic E-state index is 0.00829. The van der Waals surface area contributed by atoms with E-state index < -0.39 is 52.4 Å². The summed E-state index contributed by atoms with van der Waals surface area (Å²) < 4.78 is 39.0. The van der Waals surface area contributed by atoms with Crippen molar-refractivity contribution in [3.63, 3.8) is 0 Å². The highest BCUT2D eigenvalue weighted by Crippen LogP contribution is 2.48. The molecule has 3 rings (SSSR count). The van der Waals surface area contributed by atoms with Crippen LogP contribution in [-0.2, 0) is 34.4 Å². The van der Waals surface area contributed by atoms with Gasteiger partial charge in [-0.1, -0.05) is 71.9 Å². The topological polar surface area (TPSA) is 75.7 Å². The number of thiocarbonyl (C=S) groups is 1. The minimum Gasteiger partial charge on any atom is -0.459 e. The molecule has 0 saturated carbocycles. The van der Waals surface area contributed by atoms with E-state index in [-0.39, 0.29) is 21.9 Å². The molecule has 8 nitrogen and oxygen atoms in total. The number of amides is 1. The van der Waals surface area contributed by atoms with E-state index in [1.807, 2.05) is 51.1 Å². The third kappa shape index (κ3) is 7.65. The Bertz CT molecular complexity index is 1110. The molecule has 0 unspecified atom stereocenters. The van der Waals surface area contributed by atoms with Crippen molar-refractivity contribution < 1.29 is 32.6 Å². The van der Waals surface area contributed by atoms with E-state index in [1.165, 1.54) is 4.90 Å². The maximum atomic E-state index is 13.7. The Kier molecular flexibility index (Phi) is 10.2. The molecule has 11 heteroatoms. The van der Waals surface area contributed by atoms with E-state index in [2.05, 4.69) is 67.7 Å². The normalized spacial score (nSPS) is 25.4. The largest absolute Gasteiger partial charge is 0.459 e. The van der Waals surface area contributed by atoms with Gasteiger partial charge < -0.3 is 27.8 Å². The number of hydrogen-bond donors (Lipinski definition) is 0. The average Bonchev–Trinajstić information content (AvgIpc) is 3.24. The number of carbonyl (C=O) groups is 1. The van der Waals surface area contributed by atoms with Crippen molar-refractivity contribution in [3.8, 4) is 0 Å². The van der Waals surface area contributed by atoms with Gasteiger partial charge in [0.05, 0.1) is 19.8 Å². The molecule has 0 aromatic heterocycles. The number of rotatable bonds is 9. The second-order valence-corrected chi connectivity index (χ2v) is 25.4. The van der Waals surface area contributed by atoms with Crippen molar-refractivity contribution in [2.24, 2.45) is 0 Å². The Morgan fingerprint density at radius 3 is 2.05 bits per heavy atom. The maximum Gasteiger partial charge on any atom is 0.420 e. The minimum atomic E-state index is -2.33. The lowest BCUT2D eigenvalue weighted by molar-refractivity contribution is -0.163. The highest BCUT2D eigenvalue weighted by molar-refractivity contribution is 7.80. The second-order valence-electron chi connectivity index (χ2n) is 15.5. The van der Waals surface area contributed by atoms with Crippen LogP contribution in [0.1, 0.15) is 67.9 Å². The number of benzene rings is 1. The fourth-order valence-electron chi connectivity index (χ4n) is 4.40. The molecule has 2 fully saturated rings. The van der Waals surface area contributed by atoms with Crippen LogP contribution in [0, 0.1) is 0 Å². The molecule has 238 valence electrons. The van der Waals surface area contributed by atoms with Crippen LogP contribution in [-0.4, -0.2) is 75.7 Å². The van der Waals surface area contributed by atoms with Crippen LogP contribution in [0.5, 0.6) is 0 Å². The molecule has 2 heterocycles. The fraction of sp³-hybridized carbons (Fsp3) is 0.742. The van der Waals surface area contributed by atoms with Gasteiger partial charge in [0.25, 0.3) is 5.17 Å². The molecule has 0 radical (unpaired) electrons. The van der Waals surface area contributed by atoms with Crippen LogP contribution < -0.4 is 0 Å². The summed E-state index contributed by atoms with van der Waals surface area (Å²) in [4.78, 5) is 15.0. The number of hydrogen-bond acceptors (Lipinski definition) is 8. The Morgan fingerprint density at radius 2 is 1.52 bits per heavy atom. The standard InChI is InChI=1S/C31H53NO7SSi2/c1-28(2,3)38-26(33)32-27(40)36-25-24(39-42(12,13)30(7,8)9)23(20-35-41(10,11)29(4,5)6)37-31(25,32)21-34-19-22-17-15-14-16-18-22/h14-18,23-25H,19-21H2,1-13H3/t23-,24-,25+,31-/m1/s1. The van der Waals surface area contributed by atoms with Crippen molar-refractivity contribution in [3.05, 3.63) is 35.9 Å². The van der Waals surface area contributed by atoms with E-state index in [9.17, 15) is 4.79 Å². The first-order valence-electron chi connectivity index (χ1n) is 14.9. The van der Waals surface area contributed by atoms with Gasteiger partial charge in [-0.05, 0) is 74.8 Å². The molecule has 2 aliphatic heterocycles. The molecular weight excluding hydrogens is 587 g/mol. The van der Waals surface area contributed by atoms with Crippen LogP contribution in [0.2, 0.25) is 36.3 Å². The summed E-state index contributed by atoms with van der Waals surface area (Å²) in [6.45, 7) is 28.1. The van der Waals surface area contributed by atoms with Gasteiger partial charge in [0, 0.05) is 0 Å². The fourth-order valence-corrected chi connectivity index (χ4v) is 7.06. The Hall–Kier alpha value is -1.35. The second kappa shape index (κ2) is 12.2. The highest BCUT2D eigenvalue weighted by Gasteiger charge is 2.69. The zero-order chi connectivity index (χ0) is 31.9. The maximum absolute atomic E-state index is 13.7. The van der Waals surface area contributed by atoms with E-state index in [1.54, 1.807) is 0 Å². The van der Waals surface area contributed by atoms with Crippen LogP contribution >= 0.6 is 12.2 Å². The molecule has 1 aromatic carbocycles. The molecule has 4 atom stereocenters. The molecule has 2 aliphatic rings. The molecule has 1 amide bonds. The summed E-state index contributed by atoms with van der Waals surface area (Å²) in [5, 5.41) is -0.0734. The van der Waals surface area contributed by atoms with Crippen molar-refractivity contribution in [1.82, 2.24) is 4.90 Å². The summed E-state index contributed by atoms with van der Waals surface area (Å²) in [6, 6.07) is 9.87. The smallest absolute Gasteiger partial charge is 0.420 e. The van der Waals surface area contributed by atoms with Crippen molar-refractivity contribution in [2.45, 2.75) is 135 Å². The third-order valence-corrected chi connectivity index (χ3v) is 18.2. The van der Waals surface area contributed by atoms with Crippen molar-refractivity contribution >= 4 is 40.1 Å². The molecule has 42 heavy (non-hydrogen) atoms. The number of nitrogens with zero attached hydrogens (tertiary/aromatic N) is 1. The van der Waals surface area contributed by atoms with Gasteiger partial charge in [0.15, 0.2) is 22.7 Å². The van der Waals surface area contributed by atoms with Gasteiger partial charge in [0.1, 0.15) is 17.8 Å². The molecule has 0 bridgehead atoms. The summed E-state index contributed by atoms with van der Waals surface area (Å²) in [5.74, 6) is 0. The first-order chi connectivity index (χ1) is 19.0. The van der Waals surface area contributed by atoms with Crippen LogP contribution in [0.25, 0.3) is 0 Å². The van der Waals surface area contributed by atoms with Crippen LogP contribution in [0.15, 0.2) is 30.3 Å². The lowest BCUT2D eigenvalue weighted by Crippen LogP contribution is -2.58. The Morgan fingerprint density at radius 1 is 0.952 bits per heavy atom. The summed E-state index contributed by atoms with van der Waals surface area (Å²) >= 11 is 5.65. The van der Waals surface area contributed by atoms with E-state index in [0.29, 0.717) is 13.2 Å². The van der Waals surface area contributed by atoms with Crippen LogP contribution in [0.4, 0.5) is 4.79 Å². The van der Waals surface area contributed by atoms with E-state index in [0.717, 1.165) is 5.56 Å². The van der Waals surface area contributed by atoms with Gasteiger partial charge >= 0.3 is 6.09 Å². The number of ether oxygens (including phenoxy) is 4. The summed E-state index contributed by atoms with van der Waals surface area (Å²) in [7, 11) is -4.47. The molecule has 0 spiro atoms. The van der Waals surface area contributed by atoms with Gasteiger partial charge in [-0.2, -0.15) is 0 Å². The molecule has 1 aromatic rings. The molecule has 0 N–H and O–H groups in total. The van der Waals surface area contributed by atoms with E-state index >= 15 is 0 Å². The van der Waals surface area contributed by atoms with Gasteiger partial charge in [0.2, 0.25) is 5.72 Å². The van der Waals surface area contributed by atoms with E-state index in [4.69, 9.17) is 40.0 Å². The molecule has 2 saturated heterocycles. The Labute approximate surface area is 261 Å².